The first-order valence-electron chi connectivity index (χ1n) is 13.3. The van der Waals surface area contributed by atoms with E-state index in [4.69, 9.17) is 15.0 Å². The van der Waals surface area contributed by atoms with Crippen molar-refractivity contribution < 1.29 is 0 Å². The number of fused-ring (bicyclic) bond motifs is 5. The molecule has 0 radical (unpaired) electrons. The Labute approximate surface area is 230 Å². The minimum absolute atomic E-state index is 0.592. The van der Waals surface area contributed by atoms with E-state index in [0.717, 1.165) is 27.7 Å². The molecular weight excluding hydrogens is 490 g/mol. The van der Waals surface area contributed by atoms with Crippen LogP contribution in [0, 0.1) is 0 Å². The van der Waals surface area contributed by atoms with E-state index in [1.807, 2.05) is 60.7 Å². The highest BCUT2D eigenvalue weighted by Crippen LogP contribution is 2.37. The molecule has 0 saturated heterocycles. The normalized spacial score (nSPS) is 11.5. The van der Waals surface area contributed by atoms with Gasteiger partial charge in [0.25, 0.3) is 0 Å². The van der Waals surface area contributed by atoms with E-state index in [0.29, 0.717) is 17.6 Å². The molecule has 0 bridgehead atoms. The van der Waals surface area contributed by atoms with Crippen molar-refractivity contribution in [3.8, 4) is 34.4 Å². The Morgan fingerprint density at radius 2 is 0.975 bits per heavy atom. The topological polar surface area (TPSA) is 48.5 Å². The van der Waals surface area contributed by atoms with Crippen molar-refractivity contribution >= 4 is 32.7 Å². The molecule has 40 heavy (non-hydrogen) atoms. The van der Waals surface area contributed by atoms with Gasteiger partial charge in [-0.05, 0) is 36.4 Å². The standard InChI is InChI=1S/C35H23N5/c1-4-12-24(13-5-1)33-36-34(25-14-6-2-7-15-25)38-35(37-33)39-23-22-28-29(39)20-21-31-32(28)27-18-10-11-19-30(27)40(31)26-16-8-3-9-17-26/h1-23H. The molecule has 0 unspecified atom stereocenters. The fourth-order valence-electron chi connectivity index (χ4n) is 5.62. The summed E-state index contributed by atoms with van der Waals surface area (Å²) in [5.74, 6) is 1.88. The molecule has 0 fully saturated rings. The third-order valence-corrected chi connectivity index (χ3v) is 7.42. The van der Waals surface area contributed by atoms with Gasteiger partial charge in [-0.15, -0.1) is 0 Å². The maximum Gasteiger partial charge on any atom is 0.238 e. The third kappa shape index (κ3) is 3.52. The van der Waals surface area contributed by atoms with Crippen molar-refractivity contribution in [3.63, 3.8) is 0 Å². The van der Waals surface area contributed by atoms with Crippen molar-refractivity contribution in [3.05, 3.63) is 140 Å². The van der Waals surface area contributed by atoms with Gasteiger partial charge in [-0.3, -0.25) is 4.57 Å². The van der Waals surface area contributed by atoms with Gasteiger partial charge < -0.3 is 4.57 Å². The first-order valence-corrected chi connectivity index (χ1v) is 13.3. The molecule has 5 nitrogen and oxygen atoms in total. The van der Waals surface area contributed by atoms with Gasteiger partial charge in [-0.25, -0.2) is 4.98 Å². The van der Waals surface area contributed by atoms with Crippen LogP contribution in [0.1, 0.15) is 0 Å². The van der Waals surface area contributed by atoms with Crippen LogP contribution in [-0.4, -0.2) is 24.1 Å². The maximum atomic E-state index is 4.95. The lowest BCUT2D eigenvalue weighted by molar-refractivity contribution is 0.933. The zero-order valence-corrected chi connectivity index (χ0v) is 21.5. The van der Waals surface area contributed by atoms with Gasteiger partial charge in [0.2, 0.25) is 5.95 Å². The summed E-state index contributed by atoms with van der Waals surface area (Å²) in [5.41, 5.74) is 6.45. The minimum Gasteiger partial charge on any atom is -0.309 e. The molecular formula is C35H23N5. The molecule has 3 heterocycles. The fourth-order valence-corrected chi connectivity index (χ4v) is 5.62. The van der Waals surface area contributed by atoms with Crippen LogP contribution in [-0.2, 0) is 0 Å². The first kappa shape index (κ1) is 22.4. The minimum atomic E-state index is 0.592. The van der Waals surface area contributed by atoms with E-state index in [1.54, 1.807) is 0 Å². The molecule has 0 spiro atoms. The molecule has 5 heteroatoms. The summed E-state index contributed by atoms with van der Waals surface area (Å²) in [5, 5.41) is 3.60. The number of hydrogen-bond acceptors (Lipinski definition) is 3. The Bertz CT molecular complexity index is 2090. The van der Waals surface area contributed by atoms with Crippen LogP contribution >= 0.6 is 0 Å². The number of hydrogen-bond donors (Lipinski definition) is 0. The van der Waals surface area contributed by atoms with Gasteiger partial charge >= 0.3 is 0 Å². The predicted molar refractivity (Wildman–Crippen MR) is 162 cm³/mol. The second-order valence-corrected chi connectivity index (χ2v) is 9.78. The van der Waals surface area contributed by atoms with E-state index in [9.17, 15) is 0 Å². The number of rotatable bonds is 4. The molecule has 0 aliphatic rings. The first-order chi connectivity index (χ1) is 19.8. The highest BCUT2D eigenvalue weighted by Gasteiger charge is 2.18. The second-order valence-electron chi connectivity index (χ2n) is 9.78. The zero-order valence-electron chi connectivity index (χ0n) is 21.5. The molecule has 0 atom stereocenters. The van der Waals surface area contributed by atoms with Crippen LogP contribution < -0.4 is 0 Å². The van der Waals surface area contributed by atoms with E-state index < -0.39 is 0 Å². The van der Waals surface area contributed by atoms with Gasteiger partial charge in [0, 0.05) is 39.2 Å². The van der Waals surface area contributed by atoms with E-state index in [2.05, 4.69) is 88.1 Å². The number of para-hydroxylation sites is 2. The molecule has 0 aliphatic heterocycles. The van der Waals surface area contributed by atoms with Crippen molar-refractivity contribution in [1.82, 2.24) is 24.1 Å². The molecule has 8 rings (SSSR count). The van der Waals surface area contributed by atoms with Crippen LogP contribution in [0.4, 0.5) is 0 Å². The molecule has 3 aromatic heterocycles. The Balaban J connectivity index is 1.39. The van der Waals surface area contributed by atoms with Crippen LogP contribution in [0.2, 0.25) is 0 Å². The molecule has 8 aromatic rings. The lowest BCUT2D eigenvalue weighted by Crippen LogP contribution is -2.05. The average Bonchev–Trinajstić information content (AvgIpc) is 3.61. The molecule has 0 aliphatic carbocycles. The summed E-state index contributed by atoms with van der Waals surface area (Å²) in [6, 6.07) is 45.8. The van der Waals surface area contributed by atoms with E-state index in [-0.39, 0.29) is 0 Å². The van der Waals surface area contributed by atoms with E-state index >= 15 is 0 Å². The Morgan fingerprint density at radius 3 is 1.65 bits per heavy atom. The second kappa shape index (κ2) is 9.03. The Hall–Kier alpha value is -5.55. The van der Waals surface area contributed by atoms with Crippen LogP contribution in [0.5, 0.6) is 0 Å². The van der Waals surface area contributed by atoms with Gasteiger partial charge in [0.1, 0.15) is 0 Å². The van der Waals surface area contributed by atoms with Gasteiger partial charge in [0.05, 0.1) is 16.6 Å². The number of aromatic nitrogens is 5. The summed E-state index contributed by atoms with van der Waals surface area (Å²) in [6.45, 7) is 0. The lowest BCUT2D eigenvalue weighted by atomic mass is 10.1. The third-order valence-electron chi connectivity index (χ3n) is 7.42. The van der Waals surface area contributed by atoms with Gasteiger partial charge in [-0.2, -0.15) is 9.97 Å². The molecule has 0 N–H and O–H groups in total. The highest BCUT2D eigenvalue weighted by atomic mass is 15.2. The summed E-state index contributed by atoms with van der Waals surface area (Å²) < 4.78 is 4.41. The summed E-state index contributed by atoms with van der Waals surface area (Å²) >= 11 is 0. The quantitative estimate of drug-likeness (QED) is 0.238. The summed E-state index contributed by atoms with van der Waals surface area (Å²) in [4.78, 5) is 14.8. The van der Waals surface area contributed by atoms with Crippen molar-refractivity contribution in [2.75, 3.05) is 0 Å². The van der Waals surface area contributed by atoms with Crippen LogP contribution in [0.25, 0.3) is 67.1 Å². The number of nitrogens with zero attached hydrogens (tertiary/aromatic N) is 5. The zero-order chi connectivity index (χ0) is 26.5. The molecule has 0 amide bonds. The van der Waals surface area contributed by atoms with Gasteiger partial charge in [0.15, 0.2) is 11.6 Å². The predicted octanol–water partition coefficient (Wildman–Crippen LogP) is 8.25. The van der Waals surface area contributed by atoms with Crippen molar-refractivity contribution in [2.45, 2.75) is 0 Å². The SMILES string of the molecule is c1ccc(-c2nc(-c3ccccc3)nc(-n3ccc4c5c6ccccc6n(-c6ccccc6)c5ccc43)n2)cc1. The lowest BCUT2D eigenvalue weighted by Gasteiger charge is -2.10. The highest BCUT2D eigenvalue weighted by molar-refractivity contribution is 6.21. The monoisotopic (exact) mass is 513 g/mol. The number of benzene rings is 5. The maximum absolute atomic E-state index is 4.95. The Morgan fingerprint density at radius 1 is 0.425 bits per heavy atom. The van der Waals surface area contributed by atoms with Crippen LogP contribution in [0.3, 0.4) is 0 Å². The largest absolute Gasteiger partial charge is 0.309 e. The van der Waals surface area contributed by atoms with Crippen molar-refractivity contribution in [2.24, 2.45) is 0 Å². The fraction of sp³-hybridized carbons (Fsp3) is 0. The molecule has 5 aromatic carbocycles. The Kier molecular flexibility index (Phi) is 5.07. The summed E-state index contributed by atoms with van der Waals surface area (Å²) in [6.07, 6.45) is 2.07. The van der Waals surface area contributed by atoms with Crippen molar-refractivity contribution in [1.29, 1.82) is 0 Å². The molecule has 0 saturated carbocycles. The smallest absolute Gasteiger partial charge is 0.238 e. The molecule has 188 valence electrons. The van der Waals surface area contributed by atoms with E-state index in [1.165, 1.54) is 21.8 Å². The summed E-state index contributed by atoms with van der Waals surface area (Å²) in [7, 11) is 0. The average molecular weight is 514 g/mol. The van der Waals surface area contributed by atoms with Gasteiger partial charge in [-0.1, -0.05) is 97.1 Å². The van der Waals surface area contributed by atoms with Crippen LogP contribution in [0.15, 0.2) is 140 Å².